The highest BCUT2D eigenvalue weighted by Crippen LogP contribution is 2.26. The molecule has 3 aromatic rings. The number of rotatable bonds is 7. The van der Waals surface area contributed by atoms with Gasteiger partial charge in [-0.05, 0) is 49.9 Å². The van der Waals surface area contributed by atoms with Gasteiger partial charge in [-0.25, -0.2) is 9.50 Å². The smallest absolute Gasteiger partial charge is 0.251 e. The summed E-state index contributed by atoms with van der Waals surface area (Å²) < 4.78 is 1.74. The van der Waals surface area contributed by atoms with Gasteiger partial charge in [0, 0.05) is 48.3 Å². The summed E-state index contributed by atoms with van der Waals surface area (Å²) in [5.41, 5.74) is 9.01. The molecule has 1 aliphatic rings. The minimum atomic E-state index is -0.215. The number of aromatic nitrogens is 3. The van der Waals surface area contributed by atoms with Gasteiger partial charge in [-0.2, -0.15) is 0 Å². The maximum atomic E-state index is 12.0. The van der Waals surface area contributed by atoms with E-state index in [1.54, 1.807) is 22.8 Å². The topological polar surface area (TPSA) is 130 Å². The number of nitrogens with two attached hydrogens (primary N) is 1. The molecule has 9 heteroatoms. The van der Waals surface area contributed by atoms with Gasteiger partial charge in [-0.1, -0.05) is 0 Å². The molecule has 2 heterocycles. The lowest BCUT2D eigenvalue weighted by Crippen LogP contribution is -2.35. The number of nitrogens with one attached hydrogen (secondary N) is 3. The lowest BCUT2D eigenvalue weighted by molar-refractivity contribution is 0.0945. The van der Waals surface area contributed by atoms with Crippen LogP contribution >= 0.6 is 0 Å². The second kappa shape index (κ2) is 9.10. The molecule has 0 saturated heterocycles. The Morgan fingerprint density at radius 2 is 2.10 bits per heavy atom. The quantitative estimate of drug-likeness (QED) is 0.403. The molecule has 0 aliphatic heterocycles. The molecule has 2 aromatic heterocycles. The van der Waals surface area contributed by atoms with Crippen molar-refractivity contribution in [2.24, 2.45) is 5.73 Å². The van der Waals surface area contributed by atoms with Gasteiger partial charge in [0.2, 0.25) is 0 Å². The summed E-state index contributed by atoms with van der Waals surface area (Å²) in [5.74, 6) is 0.550. The van der Waals surface area contributed by atoms with Gasteiger partial charge in [0.25, 0.3) is 5.91 Å². The van der Waals surface area contributed by atoms with Crippen LogP contribution in [0.25, 0.3) is 5.65 Å². The van der Waals surface area contributed by atoms with Crippen molar-refractivity contribution in [3.8, 4) is 0 Å². The van der Waals surface area contributed by atoms with Crippen molar-refractivity contribution in [3.05, 3.63) is 48.3 Å². The molecule has 0 radical (unpaired) electrons. The minimum absolute atomic E-state index is 0.0864. The number of carbonyl (C=O) groups is 1. The summed E-state index contributed by atoms with van der Waals surface area (Å²) >= 11 is 0. The van der Waals surface area contributed by atoms with Crippen LogP contribution in [-0.2, 0) is 0 Å². The summed E-state index contributed by atoms with van der Waals surface area (Å²) in [6.07, 6.45) is 7.74. The largest absolute Gasteiger partial charge is 0.395 e. The zero-order valence-corrected chi connectivity index (χ0v) is 16.7. The SMILES string of the molecule is N[C@H]1CCC[C@H](Nc2cc(Nc3ccc(C(=O)NCCO)cc3)c3nccn3n2)C1. The van der Waals surface area contributed by atoms with E-state index in [0.717, 1.165) is 42.9 Å². The summed E-state index contributed by atoms with van der Waals surface area (Å²) in [5, 5.41) is 23.0. The molecule has 30 heavy (non-hydrogen) atoms. The first-order valence-corrected chi connectivity index (χ1v) is 10.2. The van der Waals surface area contributed by atoms with E-state index in [2.05, 4.69) is 26.0 Å². The second-order valence-electron chi connectivity index (χ2n) is 7.59. The lowest BCUT2D eigenvalue weighted by Gasteiger charge is -2.27. The lowest BCUT2D eigenvalue weighted by atomic mass is 9.92. The Hall–Kier alpha value is -3.17. The first-order chi connectivity index (χ1) is 14.6. The minimum Gasteiger partial charge on any atom is -0.395 e. The monoisotopic (exact) mass is 409 g/mol. The molecule has 4 rings (SSSR count). The Morgan fingerprint density at radius 3 is 2.87 bits per heavy atom. The number of benzene rings is 1. The summed E-state index contributed by atoms with van der Waals surface area (Å²) in [6, 6.07) is 9.64. The predicted octanol–water partition coefficient (Wildman–Crippen LogP) is 1.88. The van der Waals surface area contributed by atoms with Gasteiger partial charge in [0.15, 0.2) is 5.65 Å². The molecule has 0 spiro atoms. The number of carbonyl (C=O) groups excluding carboxylic acids is 1. The second-order valence-corrected chi connectivity index (χ2v) is 7.59. The molecule has 1 saturated carbocycles. The summed E-state index contributed by atoms with van der Waals surface area (Å²) in [4.78, 5) is 16.4. The van der Waals surface area contributed by atoms with E-state index in [1.165, 1.54) is 0 Å². The molecule has 2 atom stereocenters. The maximum Gasteiger partial charge on any atom is 0.251 e. The van der Waals surface area contributed by atoms with E-state index < -0.39 is 0 Å². The Bertz CT molecular complexity index is 1000. The van der Waals surface area contributed by atoms with Gasteiger partial charge < -0.3 is 26.8 Å². The van der Waals surface area contributed by atoms with Crippen molar-refractivity contribution >= 4 is 28.7 Å². The first kappa shape index (κ1) is 20.1. The molecule has 1 aromatic carbocycles. The van der Waals surface area contributed by atoms with E-state index in [9.17, 15) is 4.79 Å². The van der Waals surface area contributed by atoms with Crippen LogP contribution in [-0.4, -0.2) is 50.8 Å². The summed E-state index contributed by atoms with van der Waals surface area (Å²) in [6.45, 7) is 0.145. The number of hydrogen-bond acceptors (Lipinski definition) is 7. The fourth-order valence-electron chi connectivity index (χ4n) is 3.78. The molecular formula is C21H27N7O2. The van der Waals surface area contributed by atoms with Crippen LogP contribution in [0.5, 0.6) is 0 Å². The number of imidazole rings is 1. The van der Waals surface area contributed by atoms with E-state index in [0.29, 0.717) is 17.3 Å². The fraction of sp³-hybridized carbons (Fsp3) is 0.381. The number of amides is 1. The molecule has 6 N–H and O–H groups in total. The molecule has 1 fully saturated rings. The zero-order chi connectivity index (χ0) is 20.9. The van der Waals surface area contributed by atoms with Gasteiger partial charge in [0.1, 0.15) is 5.82 Å². The summed E-state index contributed by atoms with van der Waals surface area (Å²) in [7, 11) is 0. The van der Waals surface area contributed by atoms with Crippen molar-refractivity contribution in [1.29, 1.82) is 0 Å². The average Bonchev–Trinajstić information content (AvgIpc) is 3.21. The maximum absolute atomic E-state index is 12.0. The predicted molar refractivity (Wildman–Crippen MR) is 116 cm³/mol. The highest BCUT2D eigenvalue weighted by molar-refractivity contribution is 5.94. The van der Waals surface area contributed by atoms with E-state index in [-0.39, 0.29) is 25.1 Å². The highest BCUT2D eigenvalue weighted by atomic mass is 16.3. The molecule has 0 bridgehead atoms. The van der Waals surface area contributed by atoms with Crippen LogP contribution in [0.3, 0.4) is 0 Å². The van der Waals surface area contributed by atoms with E-state index in [1.807, 2.05) is 24.4 Å². The first-order valence-electron chi connectivity index (χ1n) is 10.2. The van der Waals surface area contributed by atoms with E-state index in [4.69, 9.17) is 10.8 Å². The van der Waals surface area contributed by atoms with Crippen LogP contribution < -0.4 is 21.7 Å². The molecule has 0 unspecified atom stereocenters. The van der Waals surface area contributed by atoms with Crippen molar-refractivity contribution in [1.82, 2.24) is 19.9 Å². The van der Waals surface area contributed by atoms with Crippen LogP contribution in [0.15, 0.2) is 42.7 Å². The number of nitrogens with zero attached hydrogens (tertiary/aromatic N) is 3. The number of fused-ring (bicyclic) bond motifs is 1. The fourth-order valence-corrected chi connectivity index (χ4v) is 3.78. The van der Waals surface area contributed by atoms with Crippen molar-refractivity contribution < 1.29 is 9.90 Å². The number of aliphatic hydroxyl groups excluding tert-OH is 1. The zero-order valence-electron chi connectivity index (χ0n) is 16.7. The highest BCUT2D eigenvalue weighted by Gasteiger charge is 2.20. The van der Waals surface area contributed by atoms with Crippen LogP contribution in [0, 0.1) is 0 Å². The molecule has 9 nitrogen and oxygen atoms in total. The van der Waals surface area contributed by atoms with Crippen molar-refractivity contribution in [3.63, 3.8) is 0 Å². The van der Waals surface area contributed by atoms with E-state index >= 15 is 0 Å². The van der Waals surface area contributed by atoms with Gasteiger partial charge >= 0.3 is 0 Å². The van der Waals surface area contributed by atoms with Gasteiger partial charge in [-0.3, -0.25) is 4.79 Å². The standard InChI is InChI=1S/C21H27N7O2/c22-15-2-1-3-17(12-15)26-19-13-18(20-23-8-10-28(20)27-19)25-16-6-4-14(5-7-16)21(30)24-9-11-29/h4-8,10,13,15,17,25,29H,1-3,9,11-12,22H2,(H,24,30)(H,26,27)/t15-,17-/m0/s1. The van der Waals surface area contributed by atoms with Crippen LogP contribution in [0.4, 0.5) is 17.2 Å². The molecule has 1 aliphatic carbocycles. The van der Waals surface area contributed by atoms with Gasteiger partial charge in [0.05, 0.1) is 12.3 Å². The third-order valence-electron chi connectivity index (χ3n) is 5.25. The molecule has 1 amide bonds. The Morgan fingerprint density at radius 1 is 1.27 bits per heavy atom. The average molecular weight is 409 g/mol. The van der Waals surface area contributed by atoms with Crippen molar-refractivity contribution in [2.45, 2.75) is 37.8 Å². The number of anilines is 3. The Balaban J connectivity index is 1.52. The Labute approximate surface area is 174 Å². The molecule has 158 valence electrons. The normalized spacial score (nSPS) is 18.9. The van der Waals surface area contributed by atoms with Crippen molar-refractivity contribution in [2.75, 3.05) is 23.8 Å². The van der Waals surface area contributed by atoms with Crippen LogP contribution in [0.1, 0.15) is 36.0 Å². The third kappa shape index (κ3) is 4.69. The molecular weight excluding hydrogens is 382 g/mol. The van der Waals surface area contributed by atoms with Crippen LogP contribution in [0.2, 0.25) is 0 Å². The number of aliphatic hydroxyl groups is 1. The third-order valence-corrected chi connectivity index (χ3v) is 5.25. The van der Waals surface area contributed by atoms with Gasteiger partial charge in [-0.15, -0.1) is 5.10 Å². The number of hydrogen-bond donors (Lipinski definition) is 5. The Kier molecular flexibility index (Phi) is 6.10.